The van der Waals surface area contributed by atoms with Crippen molar-refractivity contribution in [3.05, 3.63) is 56.9 Å². The van der Waals surface area contributed by atoms with Crippen LogP contribution in [0.25, 0.3) is 10.9 Å². The van der Waals surface area contributed by atoms with Gasteiger partial charge in [-0.3, -0.25) is 14.3 Å². The largest absolute Gasteiger partial charge is 0.361 e. The molecule has 0 saturated heterocycles. The second kappa shape index (κ2) is 5.84. The predicted octanol–water partition coefficient (Wildman–Crippen LogP) is 1.40. The molecule has 130 valence electrons. The van der Waals surface area contributed by atoms with Crippen LogP contribution < -0.4 is 21.0 Å². The van der Waals surface area contributed by atoms with Gasteiger partial charge in [0, 0.05) is 37.7 Å². The van der Waals surface area contributed by atoms with Crippen LogP contribution >= 0.6 is 0 Å². The van der Waals surface area contributed by atoms with Crippen LogP contribution in [-0.4, -0.2) is 34.8 Å². The van der Waals surface area contributed by atoms with Crippen molar-refractivity contribution in [1.82, 2.24) is 14.5 Å². The molecule has 2 N–H and O–H groups in total. The van der Waals surface area contributed by atoms with Gasteiger partial charge in [0.15, 0.2) is 0 Å². The summed E-state index contributed by atoms with van der Waals surface area (Å²) in [4.78, 5) is 33.7. The molecule has 0 aliphatic carbocycles. The fraction of sp³-hybridized carbons (Fsp3) is 0.333. The molecule has 0 amide bonds. The van der Waals surface area contributed by atoms with Crippen LogP contribution in [0.5, 0.6) is 0 Å². The van der Waals surface area contributed by atoms with E-state index < -0.39 is 0 Å². The van der Waals surface area contributed by atoms with Crippen molar-refractivity contribution >= 4 is 22.4 Å². The van der Waals surface area contributed by atoms with E-state index in [9.17, 15) is 9.59 Å². The highest BCUT2D eigenvalue weighted by molar-refractivity contribution is 5.83. The molecule has 0 bridgehead atoms. The van der Waals surface area contributed by atoms with Crippen molar-refractivity contribution in [2.24, 2.45) is 7.05 Å². The summed E-state index contributed by atoms with van der Waals surface area (Å²) >= 11 is 0. The Bertz CT molecular complexity index is 1050. The number of benzene rings is 1. The fourth-order valence-corrected chi connectivity index (χ4v) is 3.67. The quantitative estimate of drug-likeness (QED) is 0.753. The normalized spacial score (nSPS) is 13.7. The molecule has 0 unspecified atom stereocenters. The van der Waals surface area contributed by atoms with Gasteiger partial charge >= 0.3 is 5.69 Å². The summed E-state index contributed by atoms with van der Waals surface area (Å²) in [5.74, 6) is 0.704. The van der Waals surface area contributed by atoms with Crippen LogP contribution in [0, 0.1) is 0 Å². The summed E-state index contributed by atoms with van der Waals surface area (Å²) in [6.07, 6.45) is 3.95. The van der Waals surface area contributed by atoms with E-state index in [4.69, 9.17) is 0 Å². The van der Waals surface area contributed by atoms with Crippen molar-refractivity contribution in [3.63, 3.8) is 0 Å². The molecule has 25 heavy (non-hydrogen) atoms. The van der Waals surface area contributed by atoms with E-state index in [0.29, 0.717) is 18.2 Å². The van der Waals surface area contributed by atoms with Crippen molar-refractivity contribution < 1.29 is 0 Å². The van der Waals surface area contributed by atoms with Crippen LogP contribution in [0.15, 0.2) is 40.1 Å². The Kier molecular flexibility index (Phi) is 3.63. The van der Waals surface area contributed by atoms with Crippen LogP contribution in [0.4, 0.5) is 11.5 Å². The van der Waals surface area contributed by atoms with Crippen LogP contribution in [0.2, 0.25) is 0 Å². The standard InChI is InChI=1S/C18H21N5O2/c1-21-11-23(17-15(21)16(24)20-18(25)22(17)2)9-5-6-12-10-19-14-8-4-3-7-13(12)14/h3-4,7-8,10,19H,5-6,9,11H2,1-2H3,(H,20,24,25). The van der Waals surface area contributed by atoms with Gasteiger partial charge in [0.25, 0.3) is 5.56 Å². The maximum absolute atomic E-state index is 12.1. The topological polar surface area (TPSA) is 77.1 Å². The molecule has 3 aromatic rings. The Morgan fingerprint density at radius 1 is 1.16 bits per heavy atom. The van der Waals surface area contributed by atoms with Crippen molar-refractivity contribution in [1.29, 1.82) is 0 Å². The van der Waals surface area contributed by atoms with Crippen molar-refractivity contribution in [2.45, 2.75) is 12.8 Å². The molecule has 0 fully saturated rings. The smallest absolute Gasteiger partial charge is 0.329 e. The predicted molar refractivity (Wildman–Crippen MR) is 99.5 cm³/mol. The lowest BCUT2D eigenvalue weighted by molar-refractivity contribution is 0.710. The number of aromatic nitrogens is 3. The first kappa shape index (κ1) is 15.6. The lowest BCUT2D eigenvalue weighted by Crippen LogP contribution is -2.32. The van der Waals surface area contributed by atoms with E-state index in [-0.39, 0.29) is 11.2 Å². The molecule has 1 aliphatic rings. The number of rotatable bonds is 4. The zero-order valence-corrected chi connectivity index (χ0v) is 14.4. The molecule has 0 spiro atoms. The first-order chi connectivity index (χ1) is 12.1. The monoisotopic (exact) mass is 339 g/mol. The van der Waals surface area contributed by atoms with Crippen LogP contribution in [0.3, 0.4) is 0 Å². The van der Waals surface area contributed by atoms with Crippen molar-refractivity contribution in [3.8, 4) is 0 Å². The molecule has 0 atom stereocenters. The maximum Gasteiger partial charge on any atom is 0.329 e. The lowest BCUT2D eigenvalue weighted by Gasteiger charge is -2.20. The summed E-state index contributed by atoms with van der Waals surface area (Å²) in [6.45, 7) is 1.40. The molecule has 0 saturated carbocycles. The number of nitrogens with one attached hydrogen (secondary N) is 2. The van der Waals surface area contributed by atoms with E-state index in [1.165, 1.54) is 15.5 Å². The Labute approximate surface area is 144 Å². The van der Waals surface area contributed by atoms with Crippen LogP contribution in [-0.2, 0) is 13.5 Å². The van der Waals surface area contributed by atoms with E-state index in [1.807, 2.05) is 24.1 Å². The first-order valence-corrected chi connectivity index (χ1v) is 8.40. The molecule has 1 aromatic carbocycles. The number of nitrogens with zero attached hydrogens (tertiary/aromatic N) is 3. The van der Waals surface area contributed by atoms with Gasteiger partial charge in [-0.2, -0.15) is 0 Å². The second-order valence-electron chi connectivity index (χ2n) is 6.56. The number of aryl methyl sites for hydroxylation is 1. The zero-order chi connectivity index (χ0) is 17.6. The highest BCUT2D eigenvalue weighted by Gasteiger charge is 2.29. The molecule has 3 heterocycles. The number of H-pyrrole nitrogens is 2. The summed E-state index contributed by atoms with van der Waals surface area (Å²) in [7, 11) is 3.57. The molecule has 2 aromatic heterocycles. The summed E-state index contributed by atoms with van der Waals surface area (Å²) in [5, 5.41) is 1.25. The average Bonchev–Trinajstić information content (AvgIpc) is 3.15. The number of aromatic amines is 2. The molecular formula is C18H21N5O2. The Hall–Kier alpha value is -2.96. The third-order valence-corrected chi connectivity index (χ3v) is 4.88. The molecule has 7 heteroatoms. The van der Waals surface area contributed by atoms with Gasteiger partial charge in [0.05, 0.1) is 6.67 Å². The highest BCUT2D eigenvalue weighted by atomic mass is 16.2. The molecule has 7 nitrogen and oxygen atoms in total. The molecule has 0 radical (unpaired) electrons. The maximum atomic E-state index is 12.1. The van der Waals surface area contributed by atoms with Gasteiger partial charge in [-0.25, -0.2) is 4.79 Å². The summed E-state index contributed by atoms with van der Waals surface area (Å²) in [6, 6.07) is 8.28. The van der Waals surface area contributed by atoms with Crippen molar-refractivity contribution in [2.75, 3.05) is 30.1 Å². The minimum Gasteiger partial charge on any atom is -0.361 e. The number of hydrogen-bond donors (Lipinski definition) is 2. The fourth-order valence-electron chi connectivity index (χ4n) is 3.67. The van der Waals surface area contributed by atoms with Gasteiger partial charge in [-0.05, 0) is 24.5 Å². The SMILES string of the molecule is CN1CN(CCCc2c[nH]c3ccccc23)c2c1c(=O)[nH]c(=O)n2C. The summed E-state index contributed by atoms with van der Waals surface area (Å²) in [5.41, 5.74) is 2.32. The van der Waals surface area contributed by atoms with Gasteiger partial charge in [0.2, 0.25) is 0 Å². The van der Waals surface area contributed by atoms with Gasteiger partial charge in [-0.15, -0.1) is 0 Å². The highest BCUT2D eigenvalue weighted by Crippen LogP contribution is 2.30. The van der Waals surface area contributed by atoms with E-state index in [0.717, 1.165) is 24.9 Å². The van der Waals surface area contributed by atoms with E-state index in [1.54, 1.807) is 7.05 Å². The Morgan fingerprint density at radius 3 is 2.80 bits per heavy atom. The van der Waals surface area contributed by atoms with Gasteiger partial charge in [-0.1, -0.05) is 18.2 Å². The number of anilines is 2. The molecular weight excluding hydrogens is 318 g/mol. The van der Waals surface area contributed by atoms with Gasteiger partial charge in [0.1, 0.15) is 11.5 Å². The number of para-hydroxylation sites is 1. The minimum atomic E-state index is -0.374. The average molecular weight is 339 g/mol. The van der Waals surface area contributed by atoms with E-state index in [2.05, 4.69) is 33.2 Å². The molecule has 1 aliphatic heterocycles. The van der Waals surface area contributed by atoms with Crippen LogP contribution in [0.1, 0.15) is 12.0 Å². The zero-order valence-electron chi connectivity index (χ0n) is 14.4. The Balaban J connectivity index is 1.54. The second-order valence-corrected chi connectivity index (χ2v) is 6.56. The first-order valence-electron chi connectivity index (χ1n) is 8.40. The van der Waals surface area contributed by atoms with E-state index >= 15 is 0 Å². The molecule has 4 rings (SSSR count). The summed E-state index contributed by atoms with van der Waals surface area (Å²) < 4.78 is 1.52. The minimum absolute atomic E-state index is 0.320. The third-order valence-electron chi connectivity index (χ3n) is 4.88. The van der Waals surface area contributed by atoms with Gasteiger partial charge < -0.3 is 14.8 Å². The Morgan fingerprint density at radius 2 is 1.96 bits per heavy atom. The third kappa shape index (κ3) is 2.52. The lowest BCUT2D eigenvalue weighted by atomic mass is 10.1. The number of hydrogen-bond acceptors (Lipinski definition) is 4. The number of fused-ring (bicyclic) bond motifs is 2.